The average molecular weight is 265 g/mol. The van der Waals surface area contributed by atoms with Gasteiger partial charge in [-0.1, -0.05) is 13.0 Å². The van der Waals surface area contributed by atoms with Crippen molar-refractivity contribution in [3.05, 3.63) is 28.8 Å². The Morgan fingerprint density at radius 3 is 2.58 bits per heavy atom. The van der Waals surface area contributed by atoms with Gasteiger partial charge in [0.15, 0.2) is 0 Å². The first kappa shape index (κ1) is 15.5. The van der Waals surface area contributed by atoms with Gasteiger partial charge in [-0.15, -0.1) is 0 Å². The molecule has 0 aliphatic carbocycles. The van der Waals surface area contributed by atoms with Crippen LogP contribution in [0.25, 0.3) is 0 Å². The number of nitrogens with one attached hydrogen (secondary N) is 1. The second kappa shape index (κ2) is 7.14. The fourth-order valence-electron chi connectivity index (χ4n) is 2.27. The monoisotopic (exact) mass is 265 g/mol. The predicted molar refractivity (Wildman–Crippen MR) is 75.9 cm³/mol. The summed E-state index contributed by atoms with van der Waals surface area (Å²) in [7, 11) is 1.66. The molecule has 1 aromatic rings. The van der Waals surface area contributed by atoms with Crippen molar-refractivity contribution in [1.82, 2.24) is 5.32 Å². The van der Waals surface area contributed by atoms with Gasteiger partial charge in [-0.3, -0.25) is 4.79 Å². The molecule has 0 saturated carbocycles. The highest BCUT2D eigenvalue weighted by molar-refractivity contribution is 5.67. The first-order valence-corrected chi connectivity index (χ1v) is 6.57. The summed E-state index contributed by atoms with van der Waals surface area (Å²) < 4.78 is 5.29. The van der Waals surface area contributed by atoms with Crippen molar-refractivity contribution in [2.75, 3.05) is 13.7 Å². The summed E-state index contributed by atoms with van der Waals surface area (Å²) in [5.74, 6) is 0.105. The van der Waals surface area contributed by atoms with Crippen molar-refractivity contribution in [3.63, 3.8) is 0 Å². The van der Waals surface area contributed by atoms with Crippen LogP contribution in [0, 0.1) is 13.8 Å². The van der Waals surface area contributed by atoms with Gasteiger partial charge >= 0.3 is 5.97 Å². The third-order valence-electron chi connectivity index (χ3n) is 3.23. The van der Waals surface area contributed by atoms with E-state index in [0.29, 0.717) is 0 Å². The van der Waals surface area contributed by atoms with Crippen LogP contribution in [0.3, 0.4) is 0 Å². The fraction of sp³-hybridized carbons (Fsp3) is 0.533. The zero-order valence-corrected chi connectivity index (χ0v) is 12.1. The fourth-order valence-corrected chi connectivity index (χ4v) is 2.27. The molecule has 1 aromatic carbocycles. The van der Waals surface area contributed by atoms with Crippen molar-refractivity contribution in [2.24, 2.45) is 0 Å². The molecule has 106 valence electrons. The molecular weight excluding hydrogens is 242 g/mol. The first-order chi connectivity index (χ1) is 8.97. The minimum atomic E-state index is -0.770. The quantitative estimate of drug-likeness (QED) is 0.794. The minimum Gasteiger partial charge on any atom is -0.496 e. The highest BCUT2D eigenvalue weighted by Crippen LogP contribution is 2.23. The van der Waals surface area contributed by atoms with Gasteiger partial charge in [-0.05, 0) is 49.6 Å². The van der Waals surface area contributed by atoms with E-state index in [-0.39, 0.29) is 12.5 Å². The number of ether oxygens (including phenoxy) is 1. The summed E-state index contributed by atoms with van der Waals surface area (Å²) >= 11 is 0. The standard InChI is InChI=1S/C15H23NO3/c1-5-16-13(9-15(17)18)8-12-6-11(3)14(19-4)7-10(12)2/h6-7,13,16H,5,8-9H2,1-4H3,(H,17,18). The van der Waals surface area contributed by atoms with Crippen LogP contribution in [0.1, 0.15) is 30.0 Å². The third kappa shape index (κ3) is 4.56. The van der Waals surface area contributed by atoms with E-state index in [0.717, 1.165) is 29.8 Å². The molecule has 4 heteroatoms. The number of carboxylic acids is 1. The van der Waals surface area contributed by atoms with Crippen molar-refractivity contribution in [2.45, 2.75) is 39.7 Å². The number of methoxy groups -OCH3 is 1. The maximum Gasteiger partial charge on any atom is 0.304 e. The van der Waals surface area contributed by atoms with Gasteiger partial charge in [-0.2, -0.15) is 0 Å². The number of aryl methyl sites for hydroxylation is 2. The number of hydrogen-bond donors (Lipinski definition) is 2. The van der Waals surface area contributed by atoms with E-state index >= 15 is 0 Å². The number of rotatable bonds is 7. The van der Waals surface area contributed by atoms with E-state index in [4.69, 9.17) is 9.84 Å². The van der Waals surface area contributed by atoms with Crippen molar-refractivity contribution < 1.29 is 14.6 Å². The highest BCUT2D eigenvalue weighted by atomic mass is 16.5. The van der Waals surface area contributed by atoms with Crippen LogP contribution in [-0.2, 0) is 11.2 Å². The molecule has 0 heterocycles. The lowest BCUT2D eigenvalue weighted by atomic mass is 9.97. The molecule has 1 unspecified atom stereocenters. The van der Waals surface area contributed by atoms with Gasteiger partial charge in [0.05, 0.1) is 13.5 Å². The van der Waals surface area contributed by atoms with Crippen LogP contribution < -0.4 is 10.1 Å². The second-order valence-corrected chi connectivity index (χ2v) is 4.80. The van der Waals surface area contributed by atoms with Gasteiger partial charge in [0, 0.05) is 6.04 Å². The summed E-state index contributed by atoms with van der Waals surface area (Å²) in [6.45, 7) is 6.79. The highest BCUT2D eigenvalue weighted by Gasteiger charge is 2.15. The first-order valence-electron chi connectivity index (χ1n) is 6.57. The summed E-state index contributed by atoms with van der Waals surface area (Å²) in [5.41, 5.74) is 3.38. The smallest absolute Gasteiger partial charge is 0.304 e. The Hall–Kier alpha value is -1.55. The molecule has 4 nitrogen and oxygen atoms in total. The molecule has 0 saturated heterocycles. The normalized spacial score (nSPS) is 12.2. The zero-order valence-electron chi connectivity index (χ0n) is 12.1. The molecule has 0 amide bonds. The molecule has 0 spiro atoms. The number of likely N-dealkylation sites (N-methyl/N-ethyl adjacent to an activating group) is 1. The van der Waals surface area contributed by atoms with E-state index in [1.165, 1.54) is 5.56 Å². The molecule has 1 atom stereocenters. The largest absolute Gasteiger partial charge is 0.496 e. The molecule has 0 radical (unpaired) electrons. The Labute approximate surface area is 114 Å². The summed E-state index contributed by atoms with van der Waals surface area (Å²) in [5, 5.41) is 12.2. The number of carboxylic acid groups (broad SMARTS) is 1. The van der Waals surface area contributed by atoms with Gasteiger partial charge in [-0.25, -0.2) is 0 Å². The second-order valence-electron chi connectivity index (χ2n) is 4.80. The molecule has 0 aliphatic heterocycles. The number of aliphatic carboxylic acids is 1. The third-order valence-corrected chi connectivity index (χ3v) is 3.23. The summed E-state index contributed by atoms with van der Waals surface area (Å²) in [6.07, 6.45) is 0.856. The number of benzene rings is 1. The lowest BCUT2D eigenvalue weighted by Crippen LogP contribution is -2.33. The maximum atomic E-state index is 10.9. The number of hydrogen-bond acceptors (Lipinski definition) is 3. The Kier molecular flexibility index (Phi) is 5.83. The van der Waals surface area contributed by atoms with Crippen LogP contribution in [-0.4, -0.2) is 30.8 Å². The average Bonchev–Trinajstić information content (AvgIpc) is 2.32. The topological polar surface area (TPSA) is 58.6 Å². The van der Waals surface area contributed by atoms with Crippen LogP contribution in [0.4, 0.5) is 0 Å². The lowest BCUT2D eigenvalue weighted by molar-refractivity contribution is -0.137. The Morgan fingerprint density at radius 2 is 2.05 bits per heavy atom. The van der Waals surface area contributed by atoms with Crippen molar-refractivity contribution >= 4 is 5.97 Å². The lowest BCUT2D eigenvalue weighted by Gasteiger charge is -2.18. The van der Waals surface area contributed by atoms with Gasteiger partial charge < -0.3 is 15.2 Å². The maximum absolute atomic E-state index is 10.9. The zero-order chi connectivity index (χ0) is 14.4. The number of carbonyl (C=O) groups is 1. The molecule has 0 fully saturated rings. The van der Waals surface area contributed by atoms with Gasteiger partial charge in [0.1, 0.15) is 5.75 Å². The molecule has 19 heavy (non-hydrogen) atoms. The Morgan fingerprint density at radius 1 is 1.37 bits per heavy atom. The Balaban J connectivity index is 2.89. The van der Waals surface area contributed by atoms with Crippen LogP contribution >= 0.6 is 0 Å². The molecule has 0 aliphatic rings. The molecule has 2 N–H and O–H groups in total. The van der Waals surface area contributed by atoms with Crippen molar-refractivity contribution in [3.8, 4) is 5.75 Å². The molecule has 0 bridgehead atoms. The molecule has 0 aromatic heterocycles. The van der Waals surface area contributed by atoms with E-state index in [2.05, 4.69) is 11.4 Å². The minimum absolute atomic E-state index is 0.0333. The SMILES string of the molecule is CCNC(CC(=O)O)Cc1cc(C)c(OC)cc1C. The molecule has 1 rings (SSSR count). The van der Waals surface area contributed by atoms with E-state index in [9.17, 15) is 4.79 Å². The van der Waals surface area contributed by atoms with Gasteiger partial charge in [0.25, 0.3) is 0 Å². The van der Waals surface area contributed by atoms with Crippen LogP contribution in [0.15, 0.2) is 12.1 Å². The van der Waals surface area contributed by atoms with E-state index in [1.54, 1.807) is 7.11 Å². The van der Waals surface area contributed by atoms with E-state index < -0.39 is 5.97 Å². The molecular formula is C15H23NO3. The van der Waals surface area contributed by atoms with Crippen LogP contribution in [0.2, 0.25) is 0 Å². The summed E-state index contributed by atoms with van der Waals surface area (Å²) in [6, 6.07) is 4.06. The summed E-state index contributed by atoms with van der Waals surface area (Å²) in [4.78, 5) is 10.9. The van der Waals surface area contributed by atoms with Gasteiger partial charge in [0.2, 0.25) is 0 Å². The predicted octanol–water partition coefficient (Wildman–Crippen LogP) is 2.31. The van der Waals surface area contributed by atoms with Crippen molar-refractivity contribution in [1.29, 1.82) is 0 Å². The van der Waals surface area contributed by atoms with Crippen LogP contribution in [0.5, 0.6) is 5.75 Å². The van der Waals surface area contributed by atoms with E-state index in [1.807, 2.05) is 26.8 Å². The Bertz CT molecular complexity index is 443.